The third kappa shape index (κ3) is 5.63. The summed E-state index contributed by atoms with van der Waals surface area (Å²) >= 11 is 0. The minimum Gasteiger partial charge on any atom is -0.380 e. The van der Waals surface area contributed by atoms with E-state index >= 15 is 0 Å². The number of hydrogen-bond acceptors (Lipinski definition) is 3. The van der Waals surface area contributed by atoms with E-state index in [0.29, 0.717) is 25.1 Å². The summed E-state index contributed by atoms with van der Waals surface area (Å²) in [6, 6.07) is 11.0. The molecule has 0 aliphatic carbocycles. The first-order valence-electron chi connectivity index (χ1n) is 10.2. The van der Waals surface area contributed by atoms with Crippen LogP contribution in [-0.2, 0) is 27.4 Å². The van der Waals surface area contributed by atoms with Gasteiger partial charge >= 0.3 is 12.4 Å². The van der Waals surface area contributed by atoms with E-state index in [1.165, 1.54) is 6.92 Å². The monoisotopic (exact) mass is 461 g/mol. The molecule has 0 amide bonds. The minimum absolute atomic E-state index is 0.0158. The summed E-state index contributed by atoms with van der Waals surface area (Å²) in [5.41, 5.74) is -2.58. The molecule has 176 valence electrons. The highest BCUT2D eigenvalue weighted by Crippen LogP contribution is 2.39. The number of ether oxygens (including phenoxy) is 2. The molecule has 3 atom stereocenters. The van der Waals surface area contributed by atoms with Crippen LogP contribution in [0.3, 0.4) is 0 Å². The molecule has 3 rings (SSSR count). The Morgan fingerprint density at radius 3 is 2.06 bits per heavy atom. The molecule has 0 saturated carbocycles. The van der Waals surface area contributed by atoms with Crippen LogP contribution in [0.4, 0.5) is 26.3 Å². The summed E-state index contributed by atoms with van der Waals surface area (Å²) in [6.07, 6.45) is -9.40. The zero-order valence-electron chi connectivity index (χ0n) is 17.7. The van der Waals surface area contributed by atoms with Gasteiger partial charge in [-0.2, -0.15) is 26.3 Å². The van der Waals surface area contributed by atoms with E-state index in [9.17, 15) is 26.3 Å². The van der Waals surface area contributed by atoms with Gasteiger partial charge < -0.3 is 14.8 Å². The van der Waals surface area contributed by atoms with E-state index in [0.717, 1.165) is 12.0 Å². The molecule has 1 aliphatic heterocycles. The Hall–Kier alpha value is -2.10. The lowest BCUT2D eigenvalue weighted by atomic mass is 9.82. The molecule has 1 aliphatic rings. The summed E-state index contributed by atoms with van der Waals surface area (Å²) in [4.78, 5) is 0. The summed E-state index contributed by atoms with van der Waals surface area (Å²) in [6.45, 7) is 2.08. The SMILES string of the molecule is COC1CCC(COC(C)c2cc(C(F)(F)F)cc(C(F)(F)F)c2)(c2ccccc2)NC1. The summed E-state index contributed by atoms with van der Waals surface area (Å²) in [7, 11) is 1.62. The smallest absolute Gasteiger partial charge is 0.380 e. The second kappa shape index (κ2) is 9.41. The Balaban J connectivity index is 1.86. The number of alkyl halides is 6. The van der Waals surface area contributed by atoms with Gasteiger partial charge in [0.05, 0.1) is 35.5 Å². The van der Waals surface area contributed by atoms with Crippen molar-refractivity contribution in [3.8, 4) is 0 Å². The fourth-order valence-electron chi connectivity index (χ4n) is 3.90. The topological polar surface area (TPSA) is 30.5 Å². The van der Waals surface area contributed by atoms with Gasteiger partial charge in [-0.05, 0) is 49.1 Å². The average molecular weight is 461 g/mol. The van der Waals surface area contributed by atoms with E-state index < -0.39 is 35.1 Å². The molecule has 1 fully saturated rings. The van der Waals surface area contributed by atoms with Gasteiger partial charge in [0, 0.05) is 13.7 Å². The number of rotatable bonds is 6. The van der Waals surface area contributed by atoms with Gasteiger partial charge in [0.2, 0.25) is 0 Å². The highest BCUT2D eigenvalue weighted by Gasteiger charge is 2.39. The molecule has 32 heavy (non-hydrogen) atoms. The molecule has 0 spiro atoms. The zero-order chi connectivity index (χ0) is 23.6. The maximum absolute atomic E-state index is 13.2. The number of hydrogen-bond donors (Lipinski definition) is 1. The van der Waals surface area contributed by atoms with Crippen LogP contribution >= 0.6 is 0 Å². The van der Waals surface area contributed by atoms with Crippen molar-refractivity contribution in [1.82, 2.24) is 5.32 Å². The van der Waals surface area contributed by atoms with Gasteiger partial charge in [-0.25, -0.2) is 0 Å². The second-order valence-corrected chi connectivity index (χ2v) is 8.02. The Morgan fingerprint density at radius 2 is 1.59 bits per heavy atom. The van der Waals surface area contributed by atoms with Crippen molar-refractivity contribution < 1.29 is 35.8 Å². The third-order valence-electron chi connectivity index (χ3n) is 5.88. The maximum Gasteiger partial charge on any atom is 0.416 e. The van der Waals surface area contributed by atoms with Gasteiger partial charge in [0.25, 0.3) is 0 Å². The van der Waals surface area contributed by atoms with Gasteiger partial charge in [0.1, 0.15) is 0 Å². The summed E-state index contributed by atoms with van der Waals surface area (Å²) in [5.74, 6) is 0. The molecule has 3 nitrogen and oxygen atoms in total. The fourth-order valence-corrected chi connectivity index (χ4v) is 3.90. The van der Waals surface area contributed by atoms with E-state index in [4.69, 9.17) is 9.47 Å². The number of methoxy groups -OCH3 is 1. The summed E-state index contributed by atoms with van der Waals surface area (Å²) in [5, 5.41) is 3.42. The Morgan fingerprint density at radius 1 is 1.00 bits per heavy atom. The first-order valence-corrected chi connectivity index (χ1v) is 10.2. The molecule has 0 aromatic heterocycles. The Kier molecular flexibility index (Phi) is 7.21. The first kappa shape index (κ1) is 24.5. The Labute approximate surface area is 182 Å². The predicted octanol–water partition coefficient (Wildman–Crippen LogP) is 6.10. The van der Waals surface area contributed by atoms with Crippen molar-refractivity contribution in [2.45, 2.75) is 49.9 Å². The molecular formula is C23H25F6NO2. The third-order valence-corrected chi connectivity index (χ3v) is 5.88. The molecule has 3 unspecified atom stereocenters. The van der Waals surface area contributed by atoms with Crippen LogP contribution in [0.15, 0.2) is 48.5 Å². The first-order chi connectivity index (χ1) is 14.9. The van der Waals surface area contributed by atoms with Crippen molar-refractivity contribution in [2.24, 2.45) is 0 Å². The molecule has 9 heteroatoms. The largest absolute Gasteiger partial charge is 0.416 e. The van der Waals surface area contributed by atoms with Crippen molar-refractivity contribution in [3.63, 3.8) is 0 Å². The van der Waals surface area contributed by atoms with Crippen molar-refractivity contribution >= 4 is 0 Å². The number of benzene rings is 2. The predicted molar refractivity (Wildman–Crippen MR) is 107 cm³/mol. The number of halogens is 6. The van der Waals surface area contributed by atoms with Crippen molar-refractivity contribution in [1.29, 1.82) is 0 Å². The van der Waals surface area contributed by atoms with Crippen LogP contribution in [0.25, 0.3) is 0 Å². The second-order valence-electron chi connectivity index (χ2n) is 8.02. The zero-order valence-corrected chi connectivity index (χ0v) is 17.7. The van der Waals surface area contributed by atoms with Crippen LogP contribution in [0, 0.1) is 0 Å². The molecule has 2 aromatic carbocycles. The van der Waals surface area contributed by atoms with Crippen molar-refractivity contribution in [2.75, 3.05) is 20.3 Å². The molecule has 1 N–H and O–H groups in total. The van der Waals surface area contributed by atoms with Crippen LogP contribution in [0.2, 0.25) is 0 Å². The van der Waals surface area contributed by atoms with Crippen LogP contribution < -0.4 is 5.32 Å². The molecule has 0 bridgehead atoms. The quantitative estimate of drug-likeness (QED) is 0.528. The highest BCUT2D eigenvalue weighted by atomic mass is 19.4. The minimum atomic E-state index is -4.90. The molecule has 1 heterocycles. The fraction of sp³-hybridized carbons (Fsp3) is 0.478. The Bertz CT molecular complexity index is 857. The maximum atomic E-state index is 13.2. The van der Waals surface area contributed by atoms with Gasteiger partial charge in [0.15, 0.2) is 0 Å². The number of nitrogens with one attached hydrogen (secondary N) is 1. The van der Waals surface area contributed by atoms with Crippen LogP contribution in [0.1, 0.15) is 48.1 Å². The molecular weight excluding hydrogens is 436 g/mol. The lowest BCUT2D eigenvalue weighted by molar-refractivity contribution is -0.143. The van der Waals surface area contributed by atoms with Crippen molar-refractivity contribution in [3.05, 3.63) is 70.8 Å². The van der Waals surface area contributed by atoms with Gasteiger partial charge in [-0.1, -0.05) is 30.3 Å². The van der Waals surface area contributed by atoms with E-state index in [1.54, 1.807) is 7.11 Å². The normalized spacial score (nSPS) is 23.2. The van der Waals surface area contributed by atoms with E-state index in [1.807, 2.05) is 30.3 Å². The number of piperidine rings is 1. The standard InChI is InChI=1S/C23H25F6NO2/c1-15(16-10-18(22(24,25)26)12-19(11-16)23(27,28)29)32-14-21(17-6-4-3-5-7-17)9-8-20(31-2)13-30-21/h3-7,10-12,15,20,30H,8-9,13-14H2,1-2H3. The molecule has 1 saturated heterocycles. The van der Waals surface area contributed by atoms with Gasteiger partial charge in [-0.3, -0.25) is 0 Å². The van der Waals surface area contributed by atoms with Crippen LogP contribution in [-0.4, -0.2) is 26.4 Å². The lowest BCUT2D eigenvalue weighted by Crippen LogP contribution is -2.53. The molecule has 2 aromatic rings. The molecule has 0 radical (unpaired) electrons. The highest BCUT2D eigenvalue weighted by molar-refractivity contribution is 5.35. The average Bonchev–Trinajstić information content (AvgIpc) is 2.77. The van der Waals surface area contributed by atoms with Gasteiger partial charge in [-0.15, -0.1) is 0 Å². The summed E-state index contributed by atoms with van der Waals surface area (Å²) < 4.78 is 90.5. The lowest BCUT2D eigenvalue weighted by Gasteiger charge is -2.42. The van der Waals surface area contributed by atoms with E-state index in [-0.39, 0.29) is 24.3 Å². The van der Waals surface area contributed by atoms with Crippen LogP contribution in [0.5, 0.6) is 0 Å². The van der Waals surface area contributed by atoms with E-state index in [2.05, 4.69) is 5.32 Å².